The molecule has 0 saturated heterocycles. The van der Waals surface area contributed by atoms with Gasteiger partial charge in [0.1, 0.15) is 5.41 Å². The van der Waals surface area contributed by atoms with Crippen LogP contribution in [0.4, 0.5) is 8.78 Å². The van der Waals surface area contributed by atoms with Gasteiger partial charge in [-0.15, -0.1) is 0 Å². The second-order valence-corrected chi connectivity index (χ2v) is 5.38. The zero-order chi connectivity index (χ0) is 15.1. The molecule has 0 spiro atoms. The van der Waals surface area contributed by atoms with Gasteiger partial charge in [-0.1, -0.05) is 12.1 Å². The molecule has 1 aliphatic rings. The summed E-state index contributed by atoms with van der Waals surface area (Å²) in [5, 5.41) is 8.77. The number of rotatable bonds is 4. The minimum absolute atomic E-state index is 0.142. The summed E-state index contributed by atoms with van der Waals surface area (Å²) in [5.74, 6) is -4.55. The number of benzene rings is 1. The van der Waals surface area contributed by atoms with E-state index in [4.69, 9.17) is 5.11 Å². The number of alkyl halides is 2. The summed E-state index contributed by atoms with van der Waals surface area (Å²) in [6, 6.07) is 5.98. The van der Waals surface area contributed by atoms with Crippen molar-refractivity contribution in [2.24, 2.45) is 5.41 Å². The van der Waals surface area contributed by atoms with E-state index in [0.717, 1.165) is 0 Å². The number of carboxylic acid groups (broad SMARTS) is 1. The third kappa shape index (κ3) is 2.37. The van der Waals surface area contributed by atoms with Crippen LogP contribution in [0.15, 0.2) is 24.3 Å². The summed E-state index contributed by atoms with van der Waals surface area (Å²) in [6.07, 6.45) is -0.416. The van der Waals surface area contributed by atoms with Crippen molar-refractivity contribution in [3.8, 4) is 0 Å². The van der Waals surface area contributed by atoms with Crippen LogP contribution >= 0.6 is 0 Å². The molecule has 1 saturated carbocycles. The average molecular weight is 283 g/mol. The van der Waals surface area contributed by atoms with E-state index in [1.165, 1.54) is 31.0 Å². The van der Waals surface area contributed by atoms with E-state index < -0.39 is 29.6 Å². The highest BCUT2D eigenvalue weighted by Crippen LogP contribution is 2.61. The summed E-state index contributed by atoms with van der Waals surface area (Å²) >= 11 is 0. The van der Waals surface area contributed by atoms with E-state index in [2.05, 4.69) is 0 Å². The van der Waals surface area contributed by atoms with Crippen LogP contribution in [-0.2, 0) is 11.3 Å². The zero-order valence-corrected chi connectivity index (χ0v) is 11.2. The van der Waals surface area contributed by atoms with Crippen molar-refractivity contribution in [3.63, 3.8) is 0 Å². The van der Waals surface area contributed by atoms with Crippen molar-refractivity contribution in [2.45, 2.75) is 25.8 Å². The van der Waals surface area contributed by atoms with E-state index in [-0.39, 0.29) is 12.1 Å². The highest BCUT2D eigenvalue weighted by Gasteiger charge is 2.73. The molecule has 108 valence electrons. The highest BCUT2D eigenvalue weighted by molar-refractivity contribution is 5.88. The Hall–Kier alpha value is -1.98. The van der Waals surface area contributed by atoms with Crippen LogP contribution in [0, 0.1) is 5.41 Å². The van der Waals surface area contributed by atoms with Crippen molar-refractivity contribution in [2.75, 3.05) is 7.05 Å². The lowest BCUT2D eigenvalue weighted by atomic mass is 10.1. The van der Waals surface area contributed by atoms with Gasteiger partial charge in [-0.25, -0.2) is 13.6 Å². The average Bonchev–Trinajstić information content (AvgIpc) is 2.89. The van der Waals surface area contributed by atoms with E-state index in [1.807, 2.05) is 0 Å². The molecule has 0 bridgehead atoms. The third-order valence-corrected chi connectivity index (χ3v) is 3.70. The lowest BCUT2D eigenvalue weighted by Gasteiger charge is -2.21. The molecule has 0 heterocycles. The number of hydrogen-bond donors (Lipinski definition) is 1. The molecule has 0 radical (unpaired) electrons. The normalized spacial score (nSPS) is 23.2. The van der Waals surface area contributed by atoms with Crippen molar-refractivity contribution in [1.29, 1.82) is 0 Å². The molecule has 4 nitrogen and oxygen atoms in total. The minimum Gasteiger partial charge on any atom is -0.478 e. The first-order valence-corrected chi connectivity index (χ1v) is 6.13. The van der Waals surface area contributed by atoms with Crippen molar-refractivity contribution >= 4 is 11.9 Å². The Kier molecular flexibility index (Phi) is 3.28. The SMILES string of the molecule is CN(Cc1ccc(C(=O)O)cc1)C(=O)[C@]1(C)CC1(F)F. The maximum Gasteiger partial charge on any atom is 0.335 e. The van der Waals surface area contributed by atoms with Gasteiger partial charge in [-0.2, -0.15) is 0 Å². The largest absolute Gasteiger partial charge is 0.478 e. The Balaban J connectivity index is 2.03. The monoisotopic (exact) mass is 283 g/mol. The fraction of sp³-hybridized carbons (Fsp3) is 0.429. The molecule has 20 heavy (non-hydrogen) atoms. The summed E-state index contributed by atoms with van der Waals surface area (Å²) in [7, 11) is 1.47. The number of aromatic carboxylic acids is 1. The Bertz CT molecular complexity index is 556. The van der Waals surface area contributed by atoms with E-state index in [9.17, 15) is 18.4 Å². The molecule has 1 fully saturated rings. The second-order valence-electron chi connectivity index (χ2n) is 5.38. The molecule has 1 atom stereocenters. The molecule has 1 N–H and O–H groups in total. The van der Waals surface area contributed by atoms with Gasteiger partial charge in [0, 0.05) is 20.0 Å². The topological polar surface area (TPSA) is 57.6 Å². The summed E-state index contributed by atoms with van der Waals surface area (Å²) in [5.41, 5.74) is -0.759. The van der Waals surface area contributed by atoms with Gasteiger partial charge in [-0.05, 0) is 24.6 Å². The van der Waals surface area contributed by atoms with Gasteiger partial charge >= 0.3 is 5.97 Å². The van der Waals surface area contributed by atoms with Crippen molar-refractivity contribution < 1.29 is 23.5 Å². The van der Waals surface area contributed by atoms with Crippen LogP contribution in [0.5, 0.6) is 0 Å². The van der Waals surface area contributed by atoms with Crippen LogP contribution in [-0.4, -0.2) is 34.9 Å². The number of carboxylic acids is 1. The number of carbonyl (C=O) groups excluding carboxylic acids is 1. The van der Waals surface area contributed by atoms with E-state index in [0.29, 0.717) is 5.56 Å². The molecular weight excluding hydrogens is 268 g/mol. The molecule has 1 aromatic carbocycles. The first-order valence-electron chi connectivity index (χ1n) is 6.13. The summed E-state index contributed by atoms with van der Waals surface area (Å²) < 4.78 is 26.3. The first-order chi connectivity index (χ1) is 9.17. The molecule has 1 amide bonds. The predicted molar refractivity (Wildman–Crippen MR) is 67.5 cm³/mol. The number of halogens is 2. The maximum absolute atomic E-state index is 13.2. The zero-order valence-electron chi connectivity index (χ0n) is 11.2. The van der Waals surface area contributed by atoms with Gasteiger partial charge in [0.2, 0.25) is 5.91 Å². The Morgan fingerprint density at radius 3 is 2.20 bits per heavy atom. The van der Waals surface area contributed by atoms with Gasteiger partial charge in [0.05, 0.1) is 5.56 Å². The second kappa shape index (κ2) is 4.54. The fourth-order valence-corrected chi connectivity index (χ4v) is 2.15. The number of carbonyl (C=O) groups is 2. The van der Waals surface area contributed by atoms with E-state index >= 15 is 0 Å². The molecular formula is C14H15F2NO3. The first kappa shape index (κ1) is 14.4. The standard InChI is InChI=1S/C14H15F2NO3/c1-13(8-14(13,15)16)12(20)17(2)7-9-3-5-10(6-4-9)11(18)19/h3-6H,7-8H2,1-2H3,(H,18,19)/t13-/m0/s1. The van der Waals surface area contributed by atoms with Crippen LogP contribution in [0.1, 0.15) is 29.3 Å². The van der Waals surface area contributed by atoms with Crippen LogP contribution < -0.4 is 0 Å². The fourth-order valence-electron chi connectivity index (χ4n) is 2.15. The molecule has 1 aromatic rings. The van der Waals surface area contributed by atoms with E-state index in [1.54, 1.807) is 12.1 Å². The predicted octanol–water partition coefficient (Wildman–Crippen LogP) is 2.39. The maximum atomic E-state index is 13.2. The minimum atomic E-state index is -2.93. The van der Waals surface area contributed by atoms with Crippen LogP contribution in [0.25, 0.3) is 0 Å². The molecule has 2 rings (SSSR count). The number of nitrogens with zero attached hydrogens (tertiary/aromatic N) is 1. The number of amides is 1. The molecule has 0 aromatic heterocycles. The lowest BCUT2D eigenvalue weighted by molar-refractivity contribution is -0.139. The van der Waals surface area contributed by atoms with Crippen molar-refractivity contribution in [1.82, 2.24) is 4.90 Å². The molecule has 0 aliphatic heterocycles. The Morgan fingerprint density at radius 1 is 1.30 bits per heavy atom. The van der Waals surface area contributed by atoms with Gasteiger partial charge < -0.3 is 10.0 Å². The molecule has 6 heteroatoms. The quantitative estimate of drug-likeness (QED) is 0.923. The third-order valence-electron chi connectivity index (χ3n) is 3.70. The van der Waals surface area contributed by atoms with Gasteiger partial charge in [0.15, 0.2) is 0 Å². The highest BCUT2D eigenvalue weighted by atomic mass is 19.3. The van der Waals surface area contributed by atoms with Crippen LogP contribution in [0.2, 0.25) is 0 Å². The van der Waals surface area contributed by atoms with Gasteiger partial charge in [-0.3, -0.25) is 4.79 Å². The summed E-state index contributed by atoms with van der Waals surface area (Å²) in [4.78, 5) is 23.9. The smallest absolute Gasteiger partial charge is 0.335 e. The Morgan fingerprint density at radius 2 is 1.80 bits per heavy atom. The van der Waals surface area contributed by atoms with Crippen molar-refractivity contribution in [3.05, 3.63) is 35.4 Å². The summed E-state index contributed by atoms with van der Waals surface area (Å²) in [6.45, 7) is 1.43. The molecule has 0 unspecified atom stereocenters. The number of hydrogen-bond acceptors (Lipinski definition) is 2. The lowest BCUT2D eigenvalue weighted by Crippen LogP contribution is -2.35. The van der Waals surface area contributed by atoms with Crippen LogP contribution in [0.3, 0.4) is 0 Å². The van der Waals surface area contributed by atoms with Gasteiger partial charge in [0.25, 0.3) is 5.92 Å². The molecule has 1 aliphatic carbocycles. The Labute approximate surface area is 115 Å².